The zero-order valence-electron chi connectivity index (χ0n) is 25.2. The van der Waals surface area contributed by atoms with Gasteiger partial charge in [-0.05, 0) is 49.2 Å². The Bertz CT molecular complexity index is 1900. The van der Waals surface area contributed by atoms with Gasteiger partial charge < -0.3 is 9.11 Å². The van der Waals surface area contributed by atoms with Crippen molar-refractivity contribution in [2.24, 2.45) is 0 Å². The zero-order valence-corrected chi connectivity index (χ0v) is 26.8. The van der Waals surface area contributed by atoms with Crippen LogP contribution in [0.15, 0.2) is 168 Å². The van der Waals surface area contributed by atoms with Gasteiger partial charge in [0.25, 0.3) is 0 Å². The van der Waals surface area contributed by atoms with Gasteiger partial charge in [-0.3, -0.25) is 0 Å². The molecule has 0 N–H and O–H groups in total. The van der Waals surface area contributed by atoms with Gasteiger partial charge in [-0.15, -0.1) is 0 Å². The highest BCUT2D eigenvalue weighted by Gasteiger charge is 2.08. The first kappa shape index (κ1) is 33.9. The third-order valence-corrected chi connectivity index (χ3v) is 8.42. The van der Waals surface area contributed by atoms with Gasteiger partial charge in [-0.1, -0.05) is 71.8 Å². The van der Waals surface area contributed by atoms with Crippen molar-refractivity contribution in [3.8, 4) is 22.5 Å². The summed E-state index contributed by atoms with van der Waals surface area (Å²) in [7, 11) is -8.54. The molecule has 0 saturated heterocycles. The molecule has 0 atom stereocenters. The highest BCUT2D eigenvalue weighted by molar-refractivity contribution is 7.86. The molecule has 0 spiro atoms. The first-order chi connectivity index (χ1) is 21.9. The van der Waals surface area contributed by atoms with E-state index in [4.69, 9.17) is 0 Å². The van der Waals surface area contributed by atoms with E-state index in [1.165, 1.54) is 46.8 Å². The molecule has 0 aliphatic rings. The van der Waals surface area contributed by atoms with E-state index < -0.39 is 20.2 Å². The van der Waals surface area contributed by atoms with E-state index in [-0.39, 0.29) is 9.79 Å². The number of aromatic nitrogens is 2. The lowest BCUT2D eigenvalue weighted by atomic mass is 10.1. The van der Waals surface area contributed by atoms with Crippen molar-refractivity contribution in [3.05, 3.63) is 169 Å². The molecule has 2 aromatic heterocycles. The Balaban J connectivity index is 0.000000182. The number of hydrogen-bond acceptors (Lipinski definition) is 6. The number of para-hydroxylation sites is 2. The minimum atomic E-state index is -4.27. The summed E-state index contributed by atoms with van der Waals surface area (Å²) in [4.78, 5) is -0.355. The molecule has 10 heteroatoms. The van der Waals surface area contributed by atoms with Crippen LogP contribution < -0.4 is 9.13 Å². The van der Waals surface area contributed by atoms with E-state index in [2.05, 4.69) is 107 Å². The Labute approximate surface area is 270 Å². The summed E-state index contributed by atoms with van der Waals surface area (Å²) in [6.45, 7) is 3.64. The average Bonchev–Trinajstić information content (AvgIpc) is 3.06. The monoisotopic (exact) mass is 652 g/mol. The molecule has 0 fully saturated rings. The SMILES string of the molecule is Cc1ccc(S(=O)(=O)[O-])cc1.Cc1ccc(S(=O)(=O)[O-])cc1.c1ccc(-[n+]2ccc(-c3cc[n+](-c4ccccc4)cc3)cc2)cc1. The Morgan fingerprint density at radius 2 is 0.696 bits per heavy atom. The summed E-state index contributed by atoms with van der Waals surface area (Å²) in [6.07, 6.45) is 8.40. The van der Waals surface area contributed by atoms with Gasteiger partial charge in [-0.2, -0.15) is 9.13 Å². The van der Waals surface area contributed by atoms with E-state index in [1.807, 2.05) is 26.0 Å². The standard InChI is InChI=1S/C22H18N2.2C7H8O3S/c1-3-7-21(8-4-1)23-15-11-19(12-16-23)20-13-17-24(18-14-20)22-9-5-2-6-10-22;2*1-6-2-4-7(5-3-6)11(8,9)10/h1-18H;2*2-5H,1H3,(H,8,9,10)/q+2;;/p-2. The Morgan fingerprint density at radius 3 is 0.957 bits per heavy atom. The number of benzene rings is 4. The summed E-state index contributed by atoms with van der Waals surface area (Å²) < 4.78 is 66.6. The quantitative estimate of drug-likeness (QED) is 0.174. The second-order valence-corrected chi connectivity index (χ2v) is 13.0. The molecule has 6 aromatic rings. The van der Waals surface area contributed by atoms with Gasteiger partial charge in [0.05, 0.1) is 9.79 Å². The van der Waals surface area contributed by atoms with Crippen molar-refractivity contribution >= 4 is 20.2 Å². The fourth-order valence-electron chi connectivity index (χ4n) is 4.19. The minimum Gasteiger partial charge on any atom is -0.744 e. The van der Waals surface area contributed by atoms with Crippen molar-refractivity contribution in [2.75, 3.05) is 0 Å². The highest BCUT2D eigenvalue weighted by Crippen LogP contribution is 2.17. The zero-order chi connectivity index (χ0) is 33.2. The first-order valence-electron chi connectivity index (χ1n) is 14.1. The second kappa shape index (κ2) is 15.3. The van der Waals surface area contributed by atoms with Gasteiger partial charge in [0.15, 0.2) is 24.8 Å². The molecule has 6 rings (SSSR count). The van der Waals surface area contributed by atoms with Crippen LogP contribution in [0.4, 0.5) is 0 Å². The molecule has 4 aromatic carbocycles. The molecule has 0 aliphatic carbocycles. The van der Waals surface area contributed by atoms with Crippen LogP contribution in [-0.4, -0.2) is 25.9 Å². The van der Waals surface area contributed by atoms with E-state index in [0.29, 0.717) is 0 Å². The predicted octanol–water partition coefficient (Wildman–Crippen LogP) is 5.71. The van der Waals surface area contributed by atoms with Crippen molar-refractivity contribution < 1.29 is 35.1 Å². The van der Waals surface area contributed by atoms with Crippen LogP contribution in [-0.2, 0) is 20.2 Å². The molecule has 0 radical (unpaired) electrons. The van der Waals surface area contributed by atoms with Crippen molar-refractivity contribution in [1.29, 1.82) is 0 Å². The fraction of sp³-hybridized carbons (Fsp3) is 0.0556. The summed E-state index contributed by atoms with van der Waals surface area (Å²) in [5.74, 6) is 0. The summed E-state index contributed by atoms with van der Waals surface area (Å²) in [5, 5.41) is 0. The fourth-order valence-corrected chi connectivity index (χ4v) is 5.13. The van der Waals surface area contributed by atoms with Gasteiger partial charge in [0.2, 0.25) is 11.4 Å². The molecular weight excluding hydrogens is 621 g/mol. The molecule has 46 heavy (non-hydrogen) atoms. The minimum absolute atomic E-state index is 0.178. The summed E-state index contributed by atoms with van der Waals surface area (Å²) >= 11 is 0. The average molecular weight is 653 g/mol. The first-order valence-corrected chi connectivity index (χ1v) is 16.9. The van der Waals surface area contributed by atoms with Crippen LogP contribution in [0, 0.1) is 13.8 Å². The molecule has 0 aliphatic heterocycles. The van der Waals surface area contributed by atoms with Crippen molar-refractivity contribution in [2.45, 2.75) is 23.6 Å². The Hall–Kier alpha value is -5.00. The van der Waals surface area contributed by atoms with Crippen LogP contribution in [0.25, 0.3) is 22.5 Å². The van der Waals surface area contributed by atoms with Crippen LogP contribution in [0.2, 0.25) is 0 Å². The van der Waals surface area contributed by atoms with Crippen LogP contribution in [0.5, 0.6) is 0 Å². The van der Waals surface area contributed by atoms with Crippen molar-refractivity contribution in [3.63, 3.8) is 0 Å². The van der Waals surface area contributed by atoms with Crippen molar-refractivity contribution in [1.82, 2.24) is 0 Å². The molecule has 234 valence electrons. The maximum Gasteiger partial charge on any atom is 0.210 e. The topological polar surface area (TPSA) is 122 Å². The molecule has 2 heterocycles. The normalized spacial score (nSPS) is 11.0. The maximum absolute atomic E-state index is 10.4. The second-order valence-electron chi connectivity index (χ2n) is 10.2. The number of hydrogen-bond donors (Lipinski definition) is 0. The largest absolute Gasteiger partial charge is 0.744 e. The smallest absolute Gasteiger partial charge is 0.210 e. The van der Waals surface area contributed by atoms with Gasteiger partial charge in [0, 0.05) is 48.5 Å². The Morgan fingerprint density at radius 1 is 0.413 bits per heavy atom. The van der Waals surface area contributed by atoms with E-state index in [0.717, 1.165) is 11.1 Å². The molecular formula is C36H32N2O6S2. The molecule has 0 amide bonds. The lowest BCUT2D eigenvalue weighted by molar-refractivity contribution is -0.596. The number of pyridine rings is 2. The number of aryl methyl sites for hydroxylation is 2. The van der Waals surface area contributed by atoms with Gasteiger partial charge in [0.1, 0.15) is 20.2 Å². The van der Waals surface area contributed by atoms with Crippen LogP contribution >= 0.6 is 0 Å². The molecule has 0 saturated carbocycles. The number of nitrogens with zero attached hydrogens (tertiary/aromatic N) is 2. The van der Waals surface area contributed by atoms with Gasteiger partial charge in [-0.25, -0.2) is 16.8 Å². The van der Waals surface area contributed by atoms with E-state index in [1.54, 1.807) is 24.3 Å². The third-order valence-electron chi connectivity index (χ3n) is 6.72. The Kier molecular flexibility index (Phi) is 11.3. The predicted molar refractivity (Wildman–Crippen MR) is 173 cm³/mol. The van der Waals surface area contributed by atoms with E-state index in [9.17, 15) is 25.9 Å². The number of rotatable bonds is 5. The van der Waals surface area contributed by atoms with Gasteiger partial charge >= 0.3 is 0 Å². The highest BCUT2D eigenvalue weighted by atomic mass is 32.2. The molecule has 0 unspecified atom stereocenters. The molecule has 0 bridgehead atoms. The lowest BCUT2D eigenvalue weighted by Crippen LogP contribution is -2.29. The third kappa shape index (κ3) is 10.0. The van der Waals surface area contributed by atoms with E-state index >= 15 is 0 Å². The molecule has 8 nitrogen and oxygen atoms in total. The lowest BCUT2D eigenvalue weighted by Gasteiger charge is -2.05. The van der Waals surface area contributed by atoms with Crippen LogP contribution in [0.1, 0.15) is 11.1 Å². The summed E-state index contributed by atoms with van der Waals surface area (Å²) in [6, 6.07) is 40.8. The maximum atomic E-state index is 10.4. The van der Waals surface area contributed by atoms with Crippen LogP contribution in [0.3, 0.4) is 0 Å². The summed E-state index contributed by atoms with van der Waals surface area (Å²) in [5.41, 5.74) is 6.61.